The number of ether oxygens (including phenoxy) is 2. The lowest BCUT2D eigenvalue weighted by Gasteiger charge is -2.40. The first kappa shape index (κ1) is 30.9. The number of nitrogens with two attached hydrogens (primary N) is 1. The topological polar surface area (TPSA) is 128 Å². The van der Waals surface area contributed by atoms with E-state index in [9.17, 15) is 4.79 Å². The maximum absolute atomic E-state index is 12.2. The molecule has 0 saturated heterocycles. The Morgan fingerprint density at radius 1 is 1.14 bits per heavy atom. The Morgan fingerprint density at radius 3 is 2.74 bits per heavy atom. The predicted molar refractivity (Wildman–Crippen MR) is 171 cm³/mol. The van der Waals surface area contributed by atoms with Crippen LogP contribution in [0.1, 0.15) is 77.3 Å². The second-order valence-corrected chi connectivity index (χ2v) is 13.3. The molecule has 2 aromatic heterocycles. The molecule has 1 amide bonds. The number of fused-ring (bicyclic) bond motifs is 2. The van der Waals surface area contributed by atoms with Crippen LogP contribution in [-0.4, -0.2) is 52.5 Å². The van der Waals surface area contributed by atoms with E-state index in [1.54, 1.807) is 7.11 Å². The minimum atomic E-state index is -0.467. The van der Waals surface area contributed by atoms with Crippen LogP contribution < -0.4 is 26.4 Å². The van der Waals surface area contributed by atoms with Crippen LogP contribution in [0.5, 0.6) is 5.75 Å². The molecule has 4 atom stereocenters. The number of alkyl carbamates (subject to hydrolysis) is 1. The van der Waals surface area contributed by atoms with Gasteiger partial charge >= 0.3 is 6.09 Å². The van der Waals surface area contributed by atoms with Crippen LogP contribution >= 0.6 is 0 Å². The number of hydrogen-bond acceptors (Lipinski definition) is 8. The van der Waals surface area contributed by atoms with Crippen molar-refractivity contribution < 1.29 is 14.3 Å². The minimum Gasteiger partial charge on any atom is -0.496 e. The fraction of sp³-hybridized carbons (Fsp3) is 0.606. The Morgan fingerprint density at radius 2 is 1.98 bits per heavy atom. The maximum Gasteiger partial charge on any atom is 0.407 e. The summed E-state index contributed by atoms with van der Waals surface area (Å²) in [5.41, 5.74) is 9.60. The van der Waals surface area contributed by atoms with E-state index in [1.165, 1.54) is 24.8 Å². The zero-order valence-corrected chi connectivity index (χ0v) is 26.4. The third-order valence-corrected chi connectivity index (χ3v) is 8.78. The Hall–Kier alpha value is -3.53. The van der Waals surface area contributed by atoms with Gasteiger partial charge in [-0.1, -0.05) is 31.9 Å². The molecule has 2 fully saturated rings. The molecule has 0 aliphatic heterocycles. The molecular weight excluding hydrogens is 542 g/mol. The average Bonchev–Trinajstić information content (AvgIpc) is 3.49. The highest BCUT2D eigenvalue weighted by atomic mass is 16.6. The van der Waals surface area contributed by atoms with E-state index in [0.29, 0.717) is 24.3 Å². The van der Waals surface area contributed by atoms with Crippen molar-refractivity contribution in [2.75, 3.05) is 31.2 Å². The number of carbonyl (C=O) groups excluding carboxylic acids is 1. The molecule has 234 valence electrons. The van der Waals surface area contributed by atoms with Crippen LogP contribution in [0.4, 0.5) is 16.6 Å². The first-order valence-corrected chi connectivity index (χ1v) is 15.9. The smallest absolute Gasteiger partial charge is 0.407 e. The van der Waals surface area contributed by atoms with Crippen LogP contribution in [0.3, 0.4) is 0 Å². The number of methoxy groups -OCH3 is 1. The number of nitrogens with one attached hydrogen (secondary N) is 3. The van der Waals surface area contributed by atoms with E-state index in [2.05, 4.69) is 55.6 Å². The summed E-state index contributed by atoms with van der Waals surface area (Å²) >= 11 is 0. The number of benzene rings is 1. The minimum absolute atomic E-state index is 0.246. The van der Waals surface area contributed by atoms with Gasteiger partial charge in [-0.25, -0.2) is 9.78 Å². The molecule has 4 unspecified atom stereocenters. The van der Waals surface area contributed by atoms with Gasteiger partial charge in [0.15, 0.2) is 5.82 Å². The molecule has 10 heteroatoms. The van der Waals surface area contributed by atoms with E-state index >= 15 is 0 Å². The number of anilines is 2. The molecule has 1 aromatic carbocycles. The molecule has 10 nitrogen and oxygen atoms in total. The third kappa shape index (κ3) is 7.71. The second kappa shape index (κ2) is 13.4. The molecule has 2 heterocycles. The van der Waals surface area contributed by atoms with Gasteiger partial charge in [0.05, 0.1) is 19.2 Å². The van der Waals surface area contributed by atoms with Crippen molar-refractivity contribution >= 4 is 28.9 Å². The Balaban J connectivity index is 1.15. The SMILES string of the molecule is CCCCCNc1nc(N)nc2ccn(Cc3ccc(CNCC4CC5CC(NC(=O)OC(C)(C)C)C5C4)cc3OC)c12. The maximum atomic E-state index is 12.2. The van der Waals surface area contributed by atoms with E-state index in [1.807, 2.05) is 33.0 Å². The largest absolute Gasteiger partial charge is 0.496 e. The quantitative estimate of drug-likeness (QED) is 0.186. The Bertz CT molecular complexity index is 1400. The number of rotatable bonds is 13. The molecule has 2 aliphatic rings. The number of aromatic nitrogens is 3. The van der Waals surface area contributed by atoms with Crippen molar-refractivity contribution in [1.82, 2.24) is 25.2 Å². The monoisotopic (exact) mass is 591 g/mol. The average molecular weight is 592 g/mol. The van der Waals surface area contributed by atoms with Crippen LogP contribution in [0.2, 0.25) is 0 Å². The van der Waals surface area contributed by atoms with Crippen molar-refractivity contribution in [3.8, 4) is 5.75 Å². The van der Waals surface area contributed by atoms with Crippen molar-refractivity contribution in [2.24, 2.45) is 17.8 Å². The van der Waals surface area contributed by atoms with E-state index in [-0.39, 0.29) is 18.1 Å². The summed E-state index contributed by atoms with van der Waals surface area (Å²) in [5, 5.41) is 10.2. The molecule has 2 saturated carbocycles. The highest BCUT2D eigenvalue weighted by Gasteiger charge is 2.48. The van der Waals surface area contributed by atoms with E-state index in [0.717, 1.165) is 67.1 Å². The predicted octanol–water partition coefficient (Wildman–Crippen LogP) is 5.70. The number of hydrogen-bond donors (Lipinski definition) is 4. The second-order valence-electron chi connectivity index (χ2n) is 13.3. The molecule has 3 aromatic rings. The van der Waals surface area contributed by atoms with Crippen LogP contribution in [-0.2, 0) is 17.8 Å². The van der Waals surface area contributed by atoms with Crippen molar-refractivity contribution in [3.63, 3.8) is 0 Å². The fourth-order valence-electron chi connectivity index (χ4n) is 6.73. The van der Waals surface area contributed by atoms with Crippen molar-refractivity contribution in [3.05, 3.63) is 41.6 Å². The molecule has 2 aliphatic carbocycles. The summed E-state index contributed by atoms with van der Waals surface area (Å²) in [4.78, 5) is 21.2. The number of carbonyl (C=O) groups is 1. The van der Waals surface area contributed by atoms with Gasteiger partial charge in [-0.3, -0.25) is 0 Å². The lowest BCUT2D eigenvalue weighted by Crippen LogP contribution is -2.51. The lowest BCUT2D eigenvalue weighted by molar-refractivity contribution is 0.0385. The molecule has 5 N–H and O–H groups in total. The summed E-state index contributed by atoms with van der Waals surface area (Å²) in [6, 6.07) is 8.69. The number of nitrogen functional groups attached to an aromatic ring is 1. The summed E-state index contributed by atoms with van der Waals surface area (Å²) < 4.78 is 13.4. The molecule has 43 heavy (non-hydrogen) atoms. The number of nitrogens with zero attached hydrogens (tertiary/aromatic N) is 3. The van der Waals surface area contributed by atoms with Gasteiger partial charge in [0.1, 0.15) is 16.9 Å². The Labute approximate surface area is 255 Å². The van der Waals surface area contributed by atoms with Gasteiger partial charge in [-0.2, -0.15) is 4.98 Å². The summed E-state index contributed by atoms with van der Waals surface area (Å²) in [6.07, 6.45) is 8.60. The molecule has 0 bridgehead atoms. The molecule has 5 rings (SSSR count). The molecule has 0 radical (unpaired) electrons. The summed E-state index contributed by atoms with van der Waals surface area (Å²) in [6.45, 7) is 11.1. The Kier molecular flexibility index (Phi) is 9.64. The summed E-state index contributed by atoms with van der Waals surface area (Å²) in [7, 11) is 1.73. The molecule has 0 spiro atoms. The standard InChI is InChI=1S/C33H49N7O3/c1-6-7-8-12-36-30-29-26(37-31(34)39-30)11-13-40(29)20-23-10-9-21(16-28(23)42-5)18-35-19-22-14-24-17-27(25(24)15-22)38-32(41)43-33(2,3)4/h9-11,13,16,22,24-25,27,35H,6-8,12,14-15,17-20H2,1-5H3,(H,38,41)(H3,34,36,37,39). The summed E-state index contributed by atoms with van der Waals surface area (Å²) in [5.74, 6) is 3.83. The van der Waals surface area contributed by atoms with Crippen molar-refractivity contribution in [1.29, 1.82) is 0 Å². The van der Waals surface area contributed by atoms with Crippen LogP contribution in [0.15, 0.2) is 30.5 Å². The van der Waals surface area contributed by atoms with Crippen LogP contribution in [0, 0.1) is 17.8 Å². The first-order valence-electron chi connectivity index (χ1n) is 15.9. The van der Waals surface area contributed by atoms with Crippen LogP contribution in [0.25, 0.3) is 11.0 Å². The lowest BCUT2D eigenvalue weighted by atomic mass is 9.71. The number of amides is 1. The van der Waals surface area contributed by atoms with Gasteiger partial charge < -0.3 is 35.7 Å². The zero-order valence-electron chi connectivity index (χ0n) is 26.4. The van der Waals surface area contributed by atoms with Gasteiger partial charge in [0.25, 0.3) is 0 Å². The van der Waals surface area contributed by atoms with E-state index < -0.39 is 5.60 Å². The van der Waals surface area contributed by atoms with Gasteiger partial charge in [-0.15, -0.1) is 0 Å². The zero-order chi connectivity index (χ0) is 30.6. The highest BCUT2D eigenvalue weighted by Crippen LogP contribution is 2.49. The van der Waals surface area contributed by atoms with Gasteiger partial charge in [-0.05, 0) is 88.4 Å². The van der Waals surface area contributed by atoms with Gasteiger partial charge in [0, 0.05) is 30.9 Å². The fourth-order valence-corrected chi connectivity index (χ4v) is 6.73. The van der Waals surface area contributed by atoms with Crippen molar-refractivity contribution in [2.45, 2.75) is 91.0 Å². The van der Waals surface area contributed by atoms with E-state index in [4.69, 9.17) is 15.2 Å². The normalized spacial score (nSPS) is 21.3. The third-order valence-electron chi connectivity index (χ3n) is 8.78. The highest BCUT2D eigenvalue weighted by molar-refractivity contribution is 5.87. The first-order chi connectivity index (χ1) is 20.6. The number of unbranched alkanes of at least 4 members (excludes halogenated alkanes) is 2. The molecular formula is C33H49N7O3. The van der Waals surface area contributed by atoms with Gasteiger partial charge in [0.2, 0.25) is 5.95 Å².